The fraction of sp³-hybridized carbons (Fsp3) is 0.833. The largest absolute Gasteiger partial charge is 0.459 e. The van der Waals surface area contributed by atoms with E-state index < -0.39 is 68.1 Å². The van der Waals surface area contributed by atoms with Crippen molar-refractivity contribution in [1.82, 2.24) is 0 Å². The van der Waals surface area contributed by atoms with Crippen molar-refractivity contribution < 1.29 is 49.0 Å². The van der Waals surface area contributed by atoms with Crippen molar-refractivity contribution in [1.29, 1.82) is 0 Å². The minimum Gasteiger partial charge on any atom is -0.459 e. The number of ether oxygens (including phenoxy) is 1. The van der Waals surface area contributed by atoms with Gasteiger partial charge in [0.25, 0.3) is 17.8 Å². The van der Waals surface area contributed by atoms with Gasteiger partial charge in [-0.05, 0) is 25.7 Å². The van der Waals surface area contributed by atoms with Crippen LogP contribution in [0.5, 0.6) is 0 Å². The third kappa shape index (κ3) is 13.4. The van der Waals surface area contributed by atoms with E-state index in [1.54, 1.807) is 13.8 Å². The maximum atomic E-state index is 13.9. The van der Waals surface area contributed by atoms with E-state index in [1.807, 2.05) is 0 Å². The zero-order valence-corrected chi connectivity index (χ0v) is 16.3. The highest BCUT2D eigenvalue weighted by molar-refractivity contribution is 5.87. The Bertz CT molecular complexity index is 554. The molecule has 1 atom stereocenters. The van der Waals surface area contributed by atoms with Gasteiger partial charge in [0.2, 0.25) is 0 Å². The molecule has 29 heavy (non-hydrogen) atoms. The van der Waals surface area contributed by atoms with Gasteiger partial charge in [-0.2, -0.15) is 13.2 Å². The molecule has 0 radical (unpaired) electrons. The Hall–Kier alpha value is -1.42. The van der Waals surface area contributed by atoms with Crippen molar-refractivity contribution in [3.63, 3.8) is 0 Å². The van der Waals surface area contributed by atoms with Gasteiger partial charge in [-0.15, -0.1) is 0 Å². The minimum absolute atomic E-state index is 0.00365. The summed E-state index contributed by atoms with van der Waals surface area (Å²) in [6.07, 6.45) is -15.9. The lowest BCUT2D eigenvalue weighted by atomic mass is 9.95. The van der Waals surface area contributed by atoms with E-state index in [2.05, 4.69) is 6.58 Å². The van der Waals surface area contributed by atoms with E-state index in [0.29, 0.717) is 0 Å². The average molecular weight is 444 g/mol. The molecule has 0 saturated heterocycles. The van der Waals surface area contributed by atoms with Gasteiger partial charge in [0, 0.05) is 12.0 Å². The van der Waals surface area contributed by atoms with Crippen LogP contribution in [0, 0.1) is 5.92 Å². The molecule has 0 spiro atoms. The van der Waals surface area contributed by atoms with Crippen LogP contribution in [0.25, 0.3) is 0 Å². The number of rotatable bonds is 12. The van der Waals surface area contributed by atoms with Crippen LogP contribution in [0.15, 0.2) is 12.2 Å². The third-order valence-electron chi connectivity index (χ3n) is 3.68. The molecule has 11 heteroatoms. The second-order valence-electron chi connectivity index (χ2n) is 7.69. The summed E-state index contributed by atoms with van der Waals surface area (Å²) in [6, 6.07) is 0. The minimum atomic E-state index is -5.42. The van der Waals surface area contributed by atoms with Crippen LogP contribution < -0.4 is 0 Å². The van der Waals surface area contributed by atoms with Gasteiger partial charge < -0.3 is 4.74 Å². The molecule has 2 nitrogen and oxygen atoms in total. The summed E-state index contributed by atoms with van der Waals surface area (Å²) in [5, 5.41) is 0. The number of carbonyl (C=O) groups excluding carboxylic acids is 1. The average Bonchev–Trinajstić information content (AvgIpc) is 2.38. The lowest BCUT2D eigenvalue weighted by molar-refractivity contribution is -0.214. The zero-order chi connectivity index (χ0) is 23.3. The smallest absolute Gasteiger partial charge is 0.394 e. The Morgan fingerprint density at radius 2 is 1.31 bits per heavy atom. The maximum Gasteiger partial charge on any atom is 0.394 e. The Morgan fingerprint density at radius 1 is 0.862 bits per heavy atom. The van der Waals surface area contributed by atoms with Gasteiger partial charge in [0.05, 0.1) is 12.8 Å². The molecule has 0 aromatic heterocycles. The molecule has 0 aromatic carbocycles. The normalized spacial score (nSPS) is 14.8. The van der Waals surface area contributed by atoms with Gasteiger partial charge in [0.1, 0.15) is 12.5 Å². The lowest BCUT2D eigenvalue weighted by Gasteiger charge is -2.28. The Morgan fingerprint density at radius 3 is 1.72 bits per heavy atom. The SMILES string of the molecule is C=C(C)C(=O)OC(CCC(F)(F)CC(F)(F)CC(F)(F)CC(F)(F)F)CC(C)C. The molecule has 1 unspecified atom stereocenters. The quantitative estimate of drug-likeness (QED) is 0.185. The van der Waals surface area contributed by atoms with Gasteiger partial charge in [-0.3, -0.25) is 0 Å². The Balaban J connectivity index is 4.99. The van der Waals surface area contributed by atoms with Crippen LogP contribution in [-0.4, -0.2) is 36.0 Å². The van der Waals surface area contributed by atoms with Crippen molar-refractivity contribution in [2.75, 3.05) is 0 Å². The molecule has 0 aromatic rings. The highest BCUT2D eigenvalue weighted by atomic mass is 19.4. The van der Waals surface area contributed by atoms with Crippen LogP contribution >= 0.6 is 0 Å². The van der Waals surface area contributed by atoms with Crippen LogP contribution in [0.1, 0.15) is 59.3 Å². The van der Waals surface area contributed by atoms with Crippen molar-refractivity contribution in [3.8, 4) is 0 Å². The topological polar surface area (TPSA) is 26.3 Å². The summed E-state index contributed by atoms with van der Waals surface area (Å²) >= 11 is 0. The maximum absolute atomic E-state index is 13.9. The fourth-order valence-electron chi connectivity index (χ4n) is 2.64. The molecule has 172 valence electrons. The molecular weight excluding hydrogens is 419 g/mol. The predicted molar refractivity (Wildman–Crippen MR) is 88.1 cm³/mol. The number of alkyl halides is 9. The first kappa shape index (κ1) is 27.6. The van der Waals surface area contributed by atoms with Gasteiger partial charge in [-0.1, -0.05) is 20.4 Å². The van der Waals surface area contributed by atoms with Crippen LogP contribution in [-0.2, 0) is 9.53 Å². The number of carbonyl (C=O) groups is 1. The van der Waals surface area contributed by atoms with E-state index >= 15 is 0 Å². The van der Waals surface area contributed by atoms with Crippen LogP contribution in [0.3, 0.4) is 0 Å². The van der Waals surface area contributed by atoms with E-state index in [0.717, 1.165) is 0 Å². The van der Waals surface area contributed by atoms with Gasteiger partial charge >= 0.3 is 12.1 Å². The van der Waals surface area contributed by atoms with E-state index in [-0.39, 0.29) is 17.9 Å². The summed E-state index contributed by atoms with van der Waals surface area (Å²) < 4.78 is 122. The molecule has 0 rings (SSSR count). The zero-order valence-electron chi connectivity index (χ0n) is 16.3. The number of halogens is 9. The second kappa shape index (κ2) is 10.1. The summed E-state index contributed by atoms with van der Waals surface area (Å²) in [6.45, 7) is 8.07. The molecule has 0 N–H and O–H groups in total. The van der Waals surface area contributed by atoms with Gasteiger partial charge in [0.15, 0.2) is 0 Å². The summed E-state index contributed by atoms with van der Waals surface area (Å²) in [5.41, 5.74) is 0.00365. The third-order valence-corrected chi connectivity index (χ3v) is 3.68. The predicted octanol–water partition coefficient (Wildman–Crippen LogP) is 6.94. The lowest BCUT2D eigenvalue weighted by Crippen LogP contribution is -2.37. The highest BCUT2D eigenvalue weighted by Crippen LogP contribution is 2.43. The van der Waals surface area contributed by atoms with Gasteiger partial charge in [-0.25, -0.2) is 31.1 Å². The summed E-state index contributed by atoms with van der Waals surface area (Å²) in [4.78, 5) is 11.6. The van der Waals surface area contributed by atoms with Crippen molar-refractivity contribution in [2.24, 2.45) is 5.92 Å². The molecule has 0 saturated carbocycles. The van der Waals surface area contributed by atoms with E-state index in [9.17, 15) is 44.3 Å². The molecule has 0 amide bonds. The van der Waals surface area contributed by atoms with Crippen molar-refractivity contribution in [3.05, 3.63) is 12.2 Å². The number of hydrogen-bond acceptors (Lipinski definition) is 2. The summed E-state index contributed by atoms with van der Waals surface area (Å²) in [7, 11) is 0. The Labute approximate surface area is 163 Å². The number of hydrogen-bond donors (Lipinski definition) is 0. The standard InChI is InChI=1S/C18H25F9O2/c1-11(2)7-13(29-14(28)12(3)4)5-6-15(19,20)8-16(21,22)9-17(23,24)10-18(25,26)27/h11,13H,3,5-10H2,1-2,4H3. The van der Waals surface area contributed by atoms with E-state index in [4.69, 9.17) is 4.74 Å². The summed E-state index contributed by atoms with van der Waals surface area (Å²) in [5.74, 6) is -14.7. The first-order valence-electron chi connectivity index (χ1n) is 8.80. The van der Waals surface area contributed by atoms with Crippen LogP contribution in [0.4, 0.5) is 39.5 Å². The first-order chi connectivity index (χ1) is 12.7. The molecular formula is C18H25F9O2. The number of esters is 1. The van der Waals surface area contributed by atoms with E-state index in [1.165, 1.54) is 6.92 Å². The van der Waals surface area contributed by atoms with Crippen molar-refractivity contribution >= 4 is 5.97 Å². The molecule has 0 heterocycles. The molecule has 0 bridgehead atoms. The molecule has 0 aliphatic rings. The molecule has 0 aliphatic heterocycles. The second-order valence-corrected chi connectivity index (χ2v) is 7.69. The fourth-order valence-corrected chi connectivity index (χ4v) is 2.64. The Kier molecular flexibility index (Phi) is 9.57. The van der Waals surface area contributed by atoms with Crippen molar-refractivity contribution in [2.45, 2.75) is 89.3 Å². The highest BCUT2D eigenvalue weighted by Gasteiger charge is 2.53. The molecule has 0 aliphatic carbocycles. The van der Waals surface area contributed by atoms with Crippen LogP contribution in [0.2, 0.25) is 0 Å². The monoisotopic (exact) mass is 444 g/mol. The first-order valence-corrected chi connectivity index (χ1v) is 8.80. The molecule has 0 fully saturated rings.